The molecular formula is C15H14N2O5. The Balaban J connectivity index is 1.93. The van der Waals surface area contributed by atoms with Crippen LogP contribution >= 0.6 is 0 Å². The summed E-state index contributed by atoms with van der Waals surface area (Å²) in [5.74, 6) is -2.28. The third kappa shape index (κ3) is 2.14. The second kappa shape index (κ2) is 4.94. The topological polar surface area (TPSA) is 104 Å². The Morgan fingerprint density at radius 3 is 2.68 bits per heavy atom. The van der Waals surface area contributed by atoms with Crippen molar-refractivity contribution >= 4 is 23.7 Å². The van der Waals surface area contributed by atoms with Crippen molar-refractivity contribution in [2.24, 2.45) is 0 Å². The number of hydrogen-bond acceptors (Lipinski definition) is 4. The molecule has 1 aromatic carbocycles. The number of aromatic carboxylic acids is 1. The molecule has 3 rings (SSSR count). The smallest absolute Gasteiger partial charge is 0.335 e. The summed E-state index contributed by atoms with van der Waals surface area (Å²) in [6.07, 6.45) is 0.477. The largest absolute Gasteiger partial charge is 0.478 e. The van der Waals surface area contributed by atoms with E-state index in [9.17, 15) is 19.2 Å². The summed E-state index contributed by atoms with van der Waals surface area (Å²) in [5.41, 5.74) is 1.67. The normalized spacial score (nSPS) is 20.9. The third-order valence-corrected chi connectivity index (χ3v) is 4.10. The number of imide groups is 1. The lowest BCUT2D eigenvalue weighted by molar-refractivity contribution is -0.136. The number of nitrogens with one attached hydrogen (secondary N) is 1. The predicted octanol–water partition coefficient (Wildman–Crippen LogP) is 0.454. The molecule has 7 nitrogen and oxygen atoms in total. The van der Waals surface area contributed by atoms with E-state index in [-0.39, 0.29) is 36.8 Å². The van der Waals surface area contributed by atoms with Crippen molar-refractivity contribution in [2.45, 2.75) is 32.4 Å². The van der Waals surface area contributed by atoms with Crippen molar-refractivity contribution in [2.75, 3.05) is 0 Å². The Hall–Kier alpha value is -2.70. The molecule has 0 aromatic heterocycles. The molecule has 22 heavy (non-hydrogen) atoms. The molecule has 114 valence electrons. The van der Waals surface area contributed by atoms with Gasteiger partial charge in [-0.1, -0.05) is 6.07 Å². The summed E-state index contributed by atoms with van der Waals surface area (Å²) in [7, 11) is 0. The summed E-state index contributed by atoms with van der Waals surface area (Å²) < 4.78 is 0. The molecule has 1 aromatic rings. The maximum atomic E-state index is 12.5. The second-order valence-electron chi connectivity index (χ2n) is 5.53. The van der Waals surface area contributed by atoms with Gasteiger partial charge in [0.1, 0.15) is 6.04 Å². The lowest BCUT2D eigenvalue weighted by Gasteiger charge is -2.29. The lowest BCUT2D eigenvalue weighted by atomic mass is 10.0. The van der Waals surface area contributed by atoms with E-state index in [1.807, 2.05) is 0 Å². The molecule has 1 saturated heterocycles. The highest BCUT2D eigenvalue weighted by atomic mass is 16.4. The van der Waals surface area contributed by atoms with Crippen LogP contribution in [0, 0.1) is 6.92 Å². The van der Waals surface area contributed by atoms with Crippen molar-refractivity contribution in [1.82, 2.24) is 10.2 Å². The number of carbonyl (C=O) groups is 4. The first-order chi connectivity index (χ1) is 10.4. The molecule has 2 heterocycles. The second-order valence-corrected chi connectivity index (χ2v) is 5.53. The fraction of sp³-hybridized carbons (Fsp3) is 0.333. The van der Waals surface area contributed by atoms with Gasteiger partial charge in [0.15, 0.2) is 0 Å². The summed E-state index contributed by atoms with van der Waals surface area (Å²) in [4.78, 5) is 48.2. The molecule has 1 unspecified atom stereocenters. The van der Waals surface area contributed by atoms with E-state index in [0.717, 1.165) is 0 Å². The molecule has 7 heteroatoms. The van der Waals surface area contributed by atoms with E-state index < -0.39 is 17.9 Å². The summed E-state index contributed by atoms with van der Waals surface area (Å²) in [5, 5.41) is 11.4. The standard InChI is InChI=1S/C15H14N2O5/c1-7-4-8-6-17(11-2-3-12(18)16-13(11)19)14(20)10(8)5-9(7)15(21)22/h4-5,11H,2-3,6H2,1H3,(H,21,22)(H,16,18,19). The molecule has 3 amide bonds. The Kier molecular flexibility index (Phi) is 3.20. The first kappa shape index (κ1) is 14.2. The van der Waals surface area contributed by atoms with Gasteiger partial charge < -0.3 is 10.0 Å². The third-order valence-electron chi connectivity index (χ3n) is 4.10. The molecular weight excluding hydrogens is 288 g/mol. The van der Waals surface area contributed by atoms with Gasteiger partial charge in [-0.05, 0) is 30.5 Å². The molecule has 0 aliphatic carbocycles. The van der Waals surface area contributed by atoms with E-state index >= 15 is 0 Å². The van der Waals surface area contributed by atoms with Crippen molar-refractivity contribution < 1.29 is 24.3 Å². The zero-order chi connectivity index (χ0) is 16.0. The zero-order valence-corrected chi connectivity index (χ0v) is 11.9. The van der Waals surface area contributed by atoms with Crippen molar-refractivity contribution in [3.63, 3.8) is 0 Å². The van der Waals surface area contributed by atoms with Crippen LogP contribution in [0.2, 0.25) is 0 Å². The number of benzene rings is 1. The van der Waals surface area contributed by atoms with Gasteiger partial charge in [-0.2, -0.15) is 0 Å². The SMILES string of the molecule is Cc1cc2c(cc1C(=O)O)C(=O)N(C1CCC(=O)NC1=O)C2. The van der Waals surface area contributed by atoms with Gasteiger partial charge in [0.05, 0.1) is 5.56 Å². The van der Waals surface area contributed by atoms with Gasteiger partial charge in [-0.3, -0.25) is 19.7 Å². The van der Waals surface area contributed by atoms with E-state index in [0.29, 0.717) is 16.7 Å². The Morgan fingerprint density at radius 2 is 2.05 bits per heavy atom. The van der Waals surface area contributed by atoms with Crippen LogP contribution in [0.25, 0.3) is 0 Å². The number of nitrogens with zero attached hydrogens (tertiary/aromatic N) is 1. The molecule has 0 spiro atoms. The molecule has 0 bridgehead atoms. The maximum absolute atomic E-state index is 12.5. The van der Waals surface area contributed by atoms with Crippen LogP contribution in [0.1, 0.15) is 44.7 Å². The number of hydrogen-bond donors (Lipinski definition) is 2. The zero-order valence-electron chi connectivity index (χ0n) is 11.9. The minimum absolute atomic E-state index is 0.0808. The number of carboxylic acids is 1. The Morgan fingerprint density at radius 1 is 1.32 bits per heavy atom. The van der Waals surface area contributed by atoms with Gasteiger partial charge in [-0.15, -0.1) is 0 Å². The Bertz CT molecular complexity index is 725. The van der Waals surface area contributed by atoms with Gasteiger partial charge in [0.25, 0.3) is 5.91 Å². The molecule has 1 fully saturated rings. The molecule has 1 atom stereocenters. The minimum Gasteiger partial charge on any atom is -0.478 e. The van der Waals surface area contributed by atoms with E-state index in [1.54, 1.807) is 13.0 Å². The number of rotatable bonds is 2. The van der Waals surface area contributed by atoms with Crippen LogP contribution in [0.15, 0.2) is 12.1 Å². The van der Waals surface area contributed by atoms with E-state index in [2.05, 4.69) is 5.32 Å². The molecule has 0 radical (unpaired) electrons. The number of fused-ring (bicyclic) bond motifs is 1. The highest BCUT2D eigenvalue weighted by Gasteiger charge is 2.39. The highest BCUT2D eigenvalue weighted by molar-refractivity contribution is 6.06. The first-order valence-electron chi connectivity index (χ1n) is 6.90. The van der Waals surface area contributed by atoms with Gasteiger partial charge >= 0.3 is 5.97 Å². The fourth-order valence-corrected chi connectivity index (χ4v) is 2.97. The average Bonchev–Trinajstić information content (AvgIpc) is 2.74. The number of amides is 3. The number of carbonyl (C=O) groups excluding carboxylic acids is 3. The first-order valence-corrected chi connectivity index (χ1v) is 6.90. The van der Waals surface area contributed by atoms with Crippen LogP contribution in [0.3, 0.4) is 0 Å². The van der Waals surface area contributed by atoms with Gasteiger partial charge in [0.2, 0.25) is 11.8 Å². The van der Waals surface area contributed by atoms with Crippen LogP contribution in [-0.4, -0.2) is 39.7 Å². The molecule has 2 aliphatic heterocycles. The van der Waals surface area contributed by atoms with E-state index in [4.69, 9.17) is 5.11 Å². The quantitative estimate of drug-likeness (QED) is 0.772. The number of aryl methyl sites for hydroxylation is 1. The van der Waals surface area contributed by atoms with Gasteiger partial charge in [-0.25, -0.2) is 4.79 Å². The summed E-state index contributed by atoms with van der Waals surface area (Å²) in [6.45, 7) is 1.92. The molecule has 0 saturated carbocycles. The van der Waals surface area contributed by atoms with Crippen LogP contribution in [-0.2, 0) is 16.1 Å². The van der Waals surface area contributed by atoms with Crippen LogP contribution in [0.4, 0.5) is 0 Å². The fourth-order valence-electron chi connectivity index (χ4n) is 2.97. The minimum atomic E-state index is -1.09. The summed E-state index contributed by atoms with van der Waals surface area (Å²) >= 11 is 0. The van der Waals surface area contributed by atoms with Crippen molar-refractivity contribution in [3.05, 3.63) is 34.4 Å². The highest BCUT2D eigenvalue weighted by Crippen LogP contribution is 2.29. The number of piperidine rings is 1. The van der Waals surface area contributed by atoms with Crippen molar-refractivity contribution in [3.8, 4) is 0 Å². The molecule has 2 N–H and O–H groups in total. The van der Waals surface area contributed by atoms with Crippen molar-refractivity contribution in [1.29, 1.82) is 0 Å². The predicted molar refractivity (Wildman–Crippen MR) is 74.2 cm³/mol. The van der Waals surface area contributed by atoms with Crippen LogP contribution in [0.5, 0.6) is 0 Å². The summed E-state index contributed by atoms with van der Waals surface area (Å²) in [6, 6.07) is 2.34. The average molecular weight is 302 g/mol. The lowest BCUT2D eigenvalue weighted by Crippen LogP contribution is -2.52. The number of carboxylic acid groups (broad SMARTS) is 1. The van der Waals surface area contributed by atoms with Crippen LogP contribution < -0.4 is 5.32 Å². The van der Waals surface area contributed by atoms with E-state index in [1.165, 1.54) is 11.0 Å². The molecule has 2 aliphatic rings. The van der Waals surface area contributed by atoms with Gasteiger partial charge in [0, 0.05) is 18.5 Å². The maximum Gasteiger partial charge on any atom is 0.335 e. The monoisotopic (exact) mass is 302 g/mol. The Labute approximate surface area is 125 Å².